The van der Waals surface area contributed by atoms with Gasteiger partial charge in [-0.05, 0) is 93.0 Å². The number of fused-ring (bicyclic) bond motifs is 6. The first-order valence-electron chi connectivity index (χ1n) is 19.3. The molecular formula is C54H36N2. The van der Waals surface area contributed by atoms with Crippen molar-refractivity contribution in [3.8, 4) is 55.9 Å². The molecule has 0 spiro atoms. The van der Waals surface area contributed by atoms with Gasteiger partial charge in [0.1, 0.15) is 0 Å². The van der Waals surface area contributed by atoms with Crippen LogP contribution in [-0.2, 0) is 0 Å². The van der Waals surface area contributed by atoms with Crippen molar-refractivity contribution in [2.24, 2.45) is 0 Å². The summed E-state index contributed by atoms with van der Waals surface area (Å²) in [6.07, 6.45) is 0. The number of rotatable bonds is 6. The van der Waals surface area contributed by atoms with Crippen LogP contribution in [0.5, 0.6) is 0 Å². The zero-order chi connectivity index (χ0) is 37.0. The zero-order valence-electron chi connectivity index (χ0n) is 30.7. The fourth-order valence-corrected chi connectivity index (χ4v) is 8.82. The van der Waals surface area contributed by atoms with E-state index >= 15 is 0 Å². The molecule has 0 aliphatic rings. The Kier molecular flexibility index (Phi) is 7.53. The van der Waals surface area contributed by atoms with Gasteiger partial charge in [-0.15, -0.1) is 0 Å². The molecule has 0 bridgehead atoms. The van der Waals surface area contributed by atoms with Crippen LogP contribution >= 0.6 is 0 Å². The van der Waals surface area contributed by atoms with Crippen LogP contribution in [0.3, 0.4) is 0 Å². The molecule has 56 heavy (non-hydrogen) atoms. The van der Waals surface area contributed by atoms with Crippen LogP contribution in [0.25, 0.3) is 99.5 Å². The average molecular weight is 713 g/mol. The highest BCUT2D eigenvalue weighted by Gasteiger charge is 2.19. The summed E-state index contributed by atoms with van der Waals surface area (Å²) in [5.74, 6) is 0. The van der Waals surface area contributed by atoms with Crippen molar-refractivity contribution in [2.45, 2.75) is 0 Å². The largest absolute Gasteiger partial charge is 0.309 e. The molecule has 2 heterocycles. The van der Waals surface area contributed by atoms with Crippen LogP contribution in [0.4, 0.5) is 0 Å². The van der Waals surface area contributed by atoms with Gasteiger partial charge in [-0.1, -0.05) is 170 Å². The maximum atomic E-state index is 2.42. The van der Waals surface area contributed by atoms with Gasteiger partial charge in [0.15, 0.2) is 0 Å². The Morgan fingerprint density at radius 1 is 0.232 bits per heavy atom. The molecule has 0 aliphatic heterocycles. The van der Waals surface area contributed by atoms with Gasteiger partial charge < -0.3 is 9.13 Å². The van der Waals surface area contributed by atoms with Gasteiger partial charge >= 0.3 is 0 Å². The minimum absolute atomic E-state index is 1.16. The third-order valence-corrected chi connectivity index (χ3v) is 11.3. The number of hydrogen-bond acceptors (Lipinski definition) is 0. The lowest BCUT2D eigenvalue weighted by Crippen LogP contribution is -1.94. The predicted octanol–water partition coefficient (Wildman–Crippen LogP) is 14.5. The fourth-order valence-electron chi connectivity index (χ4n) is 8.82. The first-order valence-corrected chi connectivity index (χ1v) is 19.3. The summed E-state index contributed by atoms with van der Waals surface area (Å²) < 4.78 is 4.84. The van der Waals surface area contributed by atoms with Crippen molar-refractivity contribution in [1.29, 1.82) is 0 Å². The normalized spacial score (nSPS) is 11.6. The van der Waals surface area contributed by atoms with E-state index in [-0.39, 0.29) is 0 Å². The standard InChI is InChI=1S/C54H36N2/c1-3-15-37(16-4-1)41-19-11-21-43(35-41)55-49-27-9-7-23-47(49)53-45(25-13-29-51(53)55)39-31-33-40(34-32-39)46-26-14-30-52-54(46)48-24-8-10-28-50(48)56(52)44-22-12-20-42(36-44)38-17-5-2-6-18-38/h1-36H. The quantitative estimate of drug-likeness (QED) is 0.162. The highest BCUT2D eigenvalue weighted by molar-refractivity contribution is 6.17. The SMILES string of the molecule is c1ccc(-c2cccc(-n3c4ccccc4c4c(-c5ccc(-c6cccc7c6c6ccccc6n7-c6cccc(-c7ccccc7)c6)cc5)cccc43)c2)cc1. The van der Waals surface area contributed by atoms with Gasteiger partial charge in [0, 0.05) is 32.9 Å². The van der Waals surface area contributed by atoms with Gasteiger partial charge in [-0.25, -0.2) is 0 Å². The molecule has 0 amide bonds. The van der Waals surface area contributed by atoms with Crippen molar-refractivity contribution in [3.05, 3.63) is 218 Å². The molecular weight excluding hydrogens is 677 g/mol. The van der Waals surface area contributed by atoms with Crippen LogP contribution in [0, 0.1) is 0 Å². The molecule has 2 nitrogen and oxygen atoms in total. The monoisotopic (exact) mass is 712 g/mol. The maximum absolute atomic E-state index is 2.42. The fraction of sp³-hybridized carbons (Fsp3) is 0. The molecule has 2 heteroatoms. The Labute approximate surface area is 325 Å². The number of nitrogens with zero attached hydrogens (tertiary/aromatic N) is 2. The molecule has 0 atom stereocenters. The topological polar surface area (TPSA) is 9.86 Å². The second kappa shape index (κ2) is 13.2. The molecule has 0 unspecified atom stereocenters. The van der Waals surface area contributed by atoms with E-state index < -0.39 is 0 Å². The van der Waals surface area contributed by atoms with Crippen molar-refractivity contribution < 1.29 is 0 Å². The zero-order valence-corrected chi connectivity index (χ0v) is 30.7. The Morgan fingerprint density at radius 3 is 1.04 bits per heavy atom. The molecule has 0 fully saturated rings. The highest BCUT2D eigenvalue weighted by atomic mass is 15.0. The summed E-state index contributed by atoms with van der Waals surface area (Å²) in [5.41, 5.74) is 16.8. The summed E-state index contributed by atoms with van der Waals surface area (Å²) in [6.45, 7) is 0. The number of benzene rings is 9. The van der Waals surface area contributed by atoms with Gasteiger partial charge in [-0.2, -0.15) is 0 Å². The number of para-hydroxylation sites is 2. The minimum atomic E-state index is 1.16. The molecule has 11 rings (SSSR count). The summed E-state index contributed by atoms with van der Waals surface area (Å²) in [4.78, 5) is 0. The highest BCUT2D eigenvalue weighted by Crippen LogP contribution is 2.42. The van der Waals surface area contributed by atoms with E-state index in [1.165, 1.54) is 88.1 Å². The maximum Gasteiger partial charge on any atom is 0.0547 e. The van der Waals surface area contributed by atoms with E-state index in [4.69, 9.17) is 0 Å². The lowest BCUT2D eigenvalue weighted by molar-refractivity contribution is 1.18. The Morgan fingerprint density at radius 2 is 0.589 bits per heavy atom. The summed E-state index contributed by atoms with van der Waals surface area (Å²) in [6, 6.07) is 79.3. The lowest BCUT2D eigenvalue weighted by Gasteiger charge is -2.12. The summed E-state index contributed by atoms with van der Waals surface area (Å²) in [5, 5.41) is 5.04. The second-order valence-electron chi connectivity index (χ2n) is 14.5. The smallest absolute Gasteiger partial charge is 0.0547 e. The van der Waals surface area contributed by atoms with E-state index in [1.807, 2.05) is 0 Å². The van der Waals surface area contributed by atoms with E-state index in [1.54, 1.807) is 0 Å². The average Bonchev–Trinajstić information content (AvgIpc) is 3.81. The van der Waals surface area contributed by atoms with Crippen molar-refractivity contribution in [3.63, 3.8) is 0 Å². The van der Waals surface area contributed by atoms with Crippen LogP contribution in [0.15, 0.2) is 218 Å². The van der Waals surface area contributed by atoms with Crippen molar-refractivity contribution in [2.75, 3.05) is 0 Å². The third kappa shape index (κ3) is 5.19. The van der Waals surface area contributed by atoms with Crippen LogP contribution in [0.1, 0.15) is 0 Å². The van der Waals surface area contributed by atoms with Gasteiger partial charge in [0.05, 0.1) is 22.1 Å². The number of aromatic nitrogens is 2. The Bertz CT molecular complexity index is 3000. The van der Waals surface area contributed by atoms with Crippen LogP contribution in [0.2, 0.25) is 0 Å². The molecule has 0 N–H and O–H groups in total. The molecule has 0 saturated carbocycles. The molecule has 11 aromatic rings. The van der Waals surface area contributed by atoms with Gasteiger partial charge in [-0.3, -0.25) is 0 Å². The van der Waals surface area contributed by atoms with Crippen LogP contribution < -0.4 is 0 Å². The van der Waals surface area contributed by atoms with Crippen molar-refractivity contribution in [1.82, 2.24) is 9.13 Å². The van der Waals surface area contributed by atoms with E-state index in [0.29, 0.717) is 0 Å². The Balaban J connectivity index is 1.04. The molecule has 2 aromatic heterocycles. The number of hydrogen-bond donors (Lipinski definition) is 0. The summed E-state index contributed by atoms with van der Waals surface area (Å²) in [7, 11) is 0. The molecule has 0 saturated heterocycles. The predicted molar refractivity (Wildman–Crippen MR) is 237 cm³/mol. The Hall–Kier alpha value is -7.42. The van der Waals surface area contributed by atoms with E-state index in [2.05, 4.69) is 228 Å². The third-order valence-electron chi connectivity index (χ3n) is 11.3. The minimum Gasteiger partial charge on any atom is -0.309 e. The molecule has 0 aliphatic carbocycles. The molecule has 9 aromatic carbocycles. The first kappa shape index (κ1) is 32.0. The first-order chi connectivity index (χ1) is 27.8. The molecule has 262 valence electrons. The van der Waals surface area contributed by atoms with Gasteiger partial charge in [0.25, 0.3) is 0 Å². The second-order valence-corrected chi connectivity index (χ2v) is 14.5. The van der Waals surface area contributed by atoms with E-state index in [9.17, 15) is 0 Å². The van der Waals surface area contributed by atoms with Gasteiger partial charge in [0.2, 0.25) is 0 Å². The van der Waals surface area contributed by atoms with Crippen molar-refractivity contribution >= 4 is 43.6 Å². The molecule has 0 radical (unpaired) electrons. The lowest BCUT2D eigenvalue weighted by atomic mass is 9.95. The van der Waals surface area contributed by atoms with E-state index in [0.717, 1.165) is 11.4 Å². The van der Waals surface area contributed by atoms with Crippen LogP contribution in [-0.4, -0.2) is 9.13 Å². The summed E-state index contributed by atoms with van der Waals surface area (Å²) >= 11 is 0.